The van der Waals surface area contributed by atoms with E-state index in [1.54, 1.807) is 0 Å². The van der Waals surface area contributed by atoms with Crippen LogP contribution in [0.3, 0.4) is 0 Å². The van der Waals surface area contributed by atoms with Crippen molar-refractivity contribution < 1.29 is 14.8 Å². The summed E-state index contributed by atoms with van der Waals surface area (Å²) < 4.78 is 0. The smallest absolute Gasteiger partial charge is 0.270 e. The number of Topliss-reactive ketones (excluding diaryl/α,β-unsaturated/α-hetero) is 1. The third-order valence-electron chi connectivity index (χ3n) is 2.49. The zero-order chi connectivity index (χ0) is 13.7. The SMILES string of the molecule is CC(=O)[C@H](CS)NCc1cc([N+](=O)[O-])ccc1O. The van der Waals surface area contributed by atoms with Crippen molar-refractivity contribution >= 4 is 24.1 Å². The highest BCUT2D eigenvalue weighted by molar-refractivity contribution is 7.80. The van der Waals surface area contributed by atoms with Crippen LogP contribution >= 0.6 is 12.6 Å². The fraction of sp³-hybridized carbons (Fsp3) is 0.364. The Morgan fingerprint density at radius 2 is 2.28 bits per heavy atom. The maximum absolute atomic E-state index is 11.2. The molecular formula is C11H14N2O4S. The van der Waals surface area contributed by atoms with Gasteiger partial charge in [-0.15, -0.1) is 0 Å². The summed E-state index contributed by atoms with van der Waals surface area (Å²) in [4.78, 5) is 21.2. The summed E-state index contributed by atoms with van der Waals surface area (Å²) in [5, 5.41) is 23.1. The molecule has 18 heavy (non-hydrogen) atoms. The van der Waals surface area contributed by atoms with Crippen LogP contribution in [0.4, 0.5) is 5.69 Å². The van der Waals surface area contributed by atoms with E-state index in [1.165, 1.54) is 25.1 Å². The number of ketones is 1. The molecule has 0 spiro atoms. The fourth-order valence-corrected chi connectivity index (χ4v) is 1.78. The molecule has 1 atom stereocenters. The monoisotopic (exact) mass is 270 g/mol. The first kappa shape index (κ1) is 14.5. The number of thiol groups is 1. The molecule has 0 unspecified atom stereocenters. The number of aromatic hydroxyl groups is 1. The number of nitro groups is 1. The van der Waals surface area contributed by atoms with Gasteiger partial charge >= 0.3 is 0 Å². The van der Waals surface area contributed by atoms with Crippen molar-refractivity contribution in [3.05, 3.63) is 33.9 Å². The van der Waals surface area contributed by atoms with E-state index in [0.717, 1.165) is 0 Å². The highest BCUT2D eigenvalue weighted by Crippen LogP contribution is 2.22. The summed E-state index contributed by atoms with van der Waals surface area (Å²) in [7, 11) is 0. The average molecular weight is 270 g/mol. The number of hydrogen-bond acceptors (Lipinski definition) is 6. The number of nitrogens with zero attached hydrogens (tertiary/aromatic N) is 1. The zero-order valence-corrected chi connectivity index (χ0v) is 10.7. The van der Waals surface area contributed by atoms with Gasteiger partial charge in [-0.2, -0.15) is 12.6 Å². The number of nitro benzene ring substituents is 1. The van der Waals surface area contributed by atoms with Crippen molar-refractivity contribution in [3.63, 3.8) is 0 Å². The number of carbonyl (C=O) groups is 1. The highest BCUT2D eigenvalue weighted by atomic mass is 32.1. The molecule has 2 N–H and O–H groups in total. The topological polar surface area (TPSA) is 92.5 Å². The number of hydrogen-bond donors (Lipinski definition) is 3. The van der Waals surface area contributed by atoms with Gasteiger partial charge in [-0.25, -0.2) is 0 Å². The molecule has 1 aromatic rings. The van der Waals surface area contributed by atoms with Crippen molar-refractivity contribution in [1.29, 1.82) is 0 Å². The fourth-order valence-electron chi connectivity index (χ4n) is 1.40. The minimum absolute atomic E-state index is 0.0467. The number of benzene rings is 1. The molecular weight excluding hydrogens is 256 g/mol. The lowest BCUT2D eigenvalue weighted by Gasteiger charge is -2.13. The normalized spacial score (nSPS) is 12.1. The molecule has 0 heterocycles. The second-order valence-electron chi connectivity index (χ2n) is 3.80. The van der Waals surface area contributed by atoms with Crippen LogP contribution in [0.25, 0.3) is 0 Å². The second kappa shape index (κ2) is 6.36. The van der Waals surface area contributed by atoms with E-state index in [4.69, 9.17) is 0 Å². The molecule has 0 amide bonds. The van der Waals surface area contributed by atoms with Crippen molar-refractivity contribution in [1.82, 2.24) is 5.32 Å². The molecule has 0 radical (unpaired) electrons. The zero-order valence-electron chi connectivity index (χ0n) is 9.79. The van der Waals surface area contributed by atoms with Gasteiger partial charge in [0.15, 0.2) is 0 Å². The Hall–Kier alpha value is -1.60. The summed E-state index contributed by atoms with van der Waals surface area (Å²) in [5.74, 6) is 0.204. The van der Waals surface area contributed by atoms with Gasteiger partial charge < -0.3 is 10.4 Å². The van der Waals surface area contributed by atoms with Gasteiger partial charge in [0.2, 0.25) is 0 Å². The van der Waals surface area contributed by atoms with Crippen molar-refractivity contribution in [2.45, 2.75) is 19.5 Å². The lowest BCUT2D eigenvalue weighted by atomic mass is 10.1. The molecule has 0 aromatic heterocycles. The maximum Gasteiger partial charge on any atom is 0.270 e. The Bertz CT molecular complexity index is 464. The van der Waals surface area contributed by atoms with Crippen LogP contribution in [0.1, 0.15) is 12.5 Å². The predicted octanol–water partition coefficient (Wildman–Crippen LogP) is 1.28. The van der Waals surface area contributed by atoms with Crippen LogP contribution in [-0.2, 0) is 11.3 Å². The Balaban J connectivity index is 2.80. The number of nitrogens with one attached hydrogen (secondary N) is 1. The predicted molar refractivity (Wildman–Crippen MR) is 69.9 cm³/mol. The summed E-state index contributed by atoms with van der Waals surface area (Å²) >= 11 is 4.03. The number of phenols is 1. The van der Waals surface area contributed by atoms with Gasteiger partial charge in [0, 0.05) is 30.0 Å². The maximum atomic E-state index is 11.2. The quantitative estimate of drug-likeness (QED) is 0.411. The molecule has 0 bridgehead atoms. The van der Waals surface area contributed by atoms with Gasteiger partial charge in [-0.3, -0.25) is 14.9 Å². The van der Waals surface area contributed by atoms with E-state index >= 15 is 0 Å². The molecule has 1 rings (SSSR count). The number of rotatable bonds is 6. The summed E-state index contributed by atoms with van der Waals surface area (Å²) in [6, 6.07) is 3.32. The van der Waals surface area contributed by atoms with Crippen molar-refractivity contribution in [3.8, 4) is 5.75 Å². The Labute approximate surface area is 110 Å². The van der Waals surface area contributed by atoms with E-state index in [2.05, 4.69) is 17.9 Å². The standard InChI is InChI=1S/C11H14N2O4S/c1-7(14)10(6-18)12-5-8-4-9(13(16)17)2-3-11(8)15/h2-4,10,12,15,18H,5-6H2,1H3/t10-/m0/s1. The molecule has 0 fully saturated rings. The second-order valence-corrected chi connectivity index (χ2v) is 4.16. The first-order chi connectivity index (χ1) is 8.45. The highest BCUT2D eigenvalue weighted by Gasteiger charge is 2.14. The molecule has 0 aliphatic heterocycles. The molecule has 98 valence electrons. The lowest BCUT2D eigenvalue weighted by molar-refractivity contribution is -0.384. The lowest BCUT2D eigenvalue weighted by Crippen LogP contribution is -2.36. The minimum atomic E-state index is -0.538. The minimum Gasteiger partial charge on any atom is -0.508 e. The van der Waals surface area contributed by atoms with Crippen LogP contribution in [0.5, 0.6) is 5.75 Å². The number of phenolic OH excluding ortho intramolecular Hbond substituents is 1. The van der Waals surface area contributed by atoms with Gasteiger partial charge in [-0.05, 0) is 13.0 Å². The molecule has 0 aliphatic carbocycles. The summed E-state index contributed by atoms with van der Waals surface area (Å²) in [6.45, 7) is 1.60. The van der Waals surface area contributed by atoms with E-state index in [1.807, 2.05) is 0 Å². The van der Waals surface area contributed by atoms with Gasteiger partial charge in [0.05, 0.1) is 11.0 Å². The number of carbonyl (C=O) groups excluding carboxylic acids is 1. The van der Waals surface area contributed by atoms with E-state index in [9.17, 15) is 20.0 Å². The molecule has 0 saturated heterocycles. The number of non-ortho nitro benzene ring substituents is 1. The molecule has 7 heteroatoms. The van der Waals surface area contributed by atoms with Crippen LogP contribution in [0, 0.1) is 10.1 Å². The van der Waals surface area contributed by atoms with Crippen LogP contribution in [-0.4, -0.2) is 27.6 Å². The first-order valence-corrected chi connectivity index (χ1v) is 5.90. The van der Waals surface area contributed by atoms with Crippen LogP contribution in [0.15, 0.2) is 18.2 Å². The van der Waals surface area contributed by atoms with E-state index in [0.29, 0.717) is 11.3 Å². The Kier molecular flexibility index (Phi) is 5.11. The molecule has 1 aromatic carbocycles. The third kappa shape index (κ3) is 3.71. The van der Waals surface area contributed by atoms with E-state index in [-0.39, 0.29) is 23.8 Å². The van der Waals surface area contributed by atoms with Gasteiger partial charge in [0.1, 0.15) is 11.5 Å². The average Bonchev–Trinajstić information content (AvgIpc) is 2.31. The molecule has 6 nitrogen and oxygen atoms in total. The Morgan fingerprint density at radius 1 is 1.61 bits per heavy atom. The molecule has 0 aliphatic rings. The van der Waals surface area contributed by atoms with E-state index < -0.39 is 11.0 Å². The van der Waals surface area contributed by atoms with Crippen LogP contribution < -0.4 is 5.32 Å². The summed E-state index contributed by atoms with van der Waals surface area (Å²) in [6.07, 6.45) is 0. The summed E-state index contributed by atoms with van der Waals surface area (Å²) in [5.41, 5.74) is 0.270. The van der Waals surface area contributed by atoms with Crippen molar-refractivity contribution in [2.75, 3.05) is 5.75 Å². The van der Waals surface area contributed by atoms with Gasteiger partial charge in [0.25, 0.3) is 5.69 Å². The largest absolute Gasteiger partial charge is 0.508 e. The Morgan fingerprint density at radius 3 is 2.78 bits per heavy atom. The van der Waals surface area contributed by atoms with Crippen LogP contribution in [0.2, 0.25) is 0 Å². The van der Waals surface area contributed by atoms with Gasteiger partial charge in [-0.1, -0.05) is 0 Å². The molecule has 0 saturated carbocycles. The third-order valence-corrected chi connectivity index (χ3v) is 2.85. The first-order valence-electron chi connectivity index (χ1n) is 5.26. The van der Waals surface area contributed by atoms with Crippen molar-refractivity contribution in [2.24, 2.45) is 0 Å².